The van der Waals surface area contributed by atoms with E-state index in [-0.39, 0.29) is 11.0 Å². The average Bonchev–Trinajstić information content (AvgIpc) is 3.31. The van der Waals surface area contributed by atoms with Gasteiger partial charge in [0.15, 0.2) is 0 Å². The van der Waals surface area contributed by atoms with Crippen molar-refractivity contribution in [2.24, 2.45) is 5.41 Å². The summed E-state index contributed by atoms with van der Waals surface area (Å²) in [6, 6.07) is 13.1. The molecule has 7 heteroatoms. The predicted molar refractivity (Wildman–Crippen MR) is 129 cm³/mol. The Morgan fingerprint density at radius 3 is 2.47 bits per heavy atom. The summed E-state index contributed by atoms with van der Waals surface area (Å²) in [4.78, 5) is 4.64. The molecule has 0 spiro atoms. The van der Waals surface area contributed by atoms with Crippen molar-refractivity contribution in [3.63, 3.8) is 0 Å². The Hall–Kier alpha value is -3.19. The zero-order chi connectivity index (χ0) is 23.0. The Labute approximate surface area is 199 Å². The number of nitrogens with one attached hydrogen (secondary N) is 1. The number of methoxy groups -OCH3 is 1. The number of benzene rings is 1. The number of pyridine rings is 1. The molecule has 2 aliphatic carbocycles. The third-order valence-electron chi connectivity index (χ3n) is 7.86. The number of hydrogen-bond donors (Lipinski definition) is 1. The molecule has 2 aliphatic heterocycles. The van der Waals surface area contributed by atoms with Crippen LogP contribution in [0.5, 0.6) is 0 Å². The second kappa shape index (κ2) is 8.55. The lowest BCUT2D eigenvalue weighted by Gasteiger charge is -2.52. The molecule has 1 N–H and O–H groups in total. The molecule has 4 aliphatic rings. The largest absolute Gasteiger partial charge is 0.505 e. The molecule has 3 aromatic rings. The Morgan fingerprint density at radius 1 is 1.03 bits per heavy atom. The second-order valence-corrected chi connectivity index (χ2v) is 9.89. The lowest BCUT2D eigenvalue weighted by atomic mass is 9.64. The van der Waals surface area contributed by atoms with Gasteiger partial charge in [0.05, 0.1) is 43.2 Å². The summed E-state index contributed by atoms with van der Waals surface area (Å²) in [6.45, 7) is 0.757. The van der Waals surface area contributed by atoms with Crippen LogP contribution >= 0.6 is 0 Å². The highest BCUT2D eigenvalue weighted by molar-refractivity contribution is 5.62. The van der Waals surface area contributed by atoms with Crippen LogP contribution in [-0.4, -0.2) is 28.9 Å². The third kappa shape index (κ3) is 3.88. The molecule has 4 heterocycles. The molecule has 2 saturated heterocycles. The smallest absolute Gasteiger partial charge is 0.320 e. The minimum Gasteiger partial charge on any atom is -0.505 e. The molecule has 0 amide bonds. The standard InChI is InChI=1S/C27H30N4O3/c1-32-16-15-26-11-13-27(14-12-26,33-18-26)21-7-5-19(6-8-21)23-10-9-22(17-28-23)29-25-31-30-24(34-25)20-3-2-4-20/h5-10,15-17,20H,2-4,11-14,18H2,1H3,(H,29,31). The Balaban J connectivity index is 1.11. The van der Waals surface area contributed by atoms with E-state index < -0.39 is 0 Å². The van der Waals surface area contributed by atoms with Crippen LogP contribution in [0, 0.1) is 5.41 Å². The van der Waals surface area contributed by atoms with Gasteiger partial charge in [-0.2, -0.15) is 0 Å². The second-order valence-electron chi connectivity index (χ2n) is 9.89. The molecule has 2 bridgehead atoms. The molecule has 34 heavy (non-hydrogen) atoms. The Kier molecular flexibility index (Phi) is 5.37. The number of nitrogens with zero attached hydrogens (tertiary/aromatic N) is 3. The van der Waals surface area contributed by atoms with Crippen molar-refractivity contribution < 1.29 is 13.9 Å². The lowest BCUT2D eigenvalue weighted by molar-refractivity contribution is -0.174. The fourth-order valence-electron chi connectivity index (χ4n) is 5.33. The maximum absolute atomic E-state index is 6.45. The Morgan fingerprint density at radius 2 is 1.85 bits per heavy atom. The minimum absolute atomic E-state index is 0.136. The van der Waals surface area contributed by atoms with Gasteiger partial charge in [-0.1, -0.05) is 35.8 Å². The van der Waals surface area contributed by atoms with Crippen molar-refractivity contribution >= 4 is 11.7 Å². The van der Waals surface area contributed by atoms with Crippen molar-refractivity contribution in [1.29, 1.82) is 0 Å². The van der Waals surface area contributed by atoms with Crippen LogP contribution in [0.1, 0.15) is 62.3 Å². The van der Waals surface area contributed by atoms with Gasteiger partial charge in [-0.05, 0) is 62.3 Å². The lowest BCUT2D eigenvalue weighted by Crippen LogP contribution is -2.48. The van der Waals surface area contributed by atoms with E-state index in [1.165, 1.54) is 12.0 Å². The van der Waals surface area contributed by atoms with Crippen LogP contribution in [0.15, 0.2) is 59.4 Å². The summed E-state index contributed by atoms with van der Waals surface area (Å²) >= 11 is 0. The predicted octanol–water partition coefficient (Wildman–Crippen LogP) is 6.09. The van der Waals surface area contributed by atoms with E-state index in [1.807, 2.05) is 12.1 Å². The van der Waals surface area contributed by atoms with Gasteiger partial charge in [0.25, 0.3) is 0 Å². The summed E-state index contributed by atoms with van der Waals surface area (Å²) in [5, 5.41) is 11.4. The fourth-order valence-corrected chi connectivity index (χ4v) is 5.33. The molecular formula is C27H30N4O3. The molecule has 0 radical (unpaired) electrons. The number of anilines is 2. The van der Waals surface area contributed by atoms with Crippen LogP contribution in [-0.2, 0) is 15.1 Å². The summed E-state index contributed by atoms with van der Waals surface area (Å²) in [5.74, 6) is 1.16. The van der Waals surface area contributed by atoms with Gasteiger partial charge >= 0.3 is 6.01 Å². The van der Waals surface area contributed by atoms with Crippen LogP contribution in [0.3, 0.4) is 0 Å². The minimum atomic E-state index is -0.162. The van der Waals surface area contributed by atoms with Gasteiger partial charge in [-0.15, -0.1) is 5.10 Å². The SMILES string of the molecule is COC=CC12CCC(c3ccc(-c4ccc(Nc5nnc(C6CCC6)o5)cn4)cc3)(CC1)OC2. The van der Waals surface area contributed by atoms with Crippen molar-refractivity contribution in [3.8, 4) is 11.3 Å². The van der Waals surface area contributed by atoms with Gasteiger partial charge < -0.3 is 19.2 Å². The Bertz CT molecular complexity index is 1140. The van der Waals surface area contributed by atoms with Gasteiger partial charge in [-0.3, -0.25) is 4.98 Å². The van der Waals surface area contributed by atoms with Gasteiger partial charge in [0, 0.05) is 16.9 Å². The van der Waals surface area contributed by atoms with Crippen molar-refractivity contribution in [3.05, 3.63) is 66.4 Å². The van der Waals surface area contributed by atoms with Gasteiger partial charge in [0.1, 0.15) is 0 Å². The highest BCUT2D eigenvalue weighted by atomic mass is 16.5. The normalized spacial score (nSPS) is 26.5. The molecule has 7 rings (SSSR count). The first-order chi connectivity index (χ1) is 16.7. The van der Waals surface area contributed by atoms with Gasteiger partial charge in [-0.25, -0.2) is 0 Å². The van der Waals surface area contributed by atoms with Crippen LogP contribution in [0.2, 0.25) is 0 Å². The average molecular weight is 459 g/mol. The number of rotatable bonds is 7. The van der Waals surface area contributed by atoms with E-state index in [0.717, 1.165) is 68.0 Å². The monoisotopic (exact) mass is 458 g/mol. The van der Waals surface area contributed by atoms with E-state index in [1.54, 1.807) is 19.6 Å². The van der Waals surface area contributed by atoms with E-state index in [0.29, 0.717) is 11.9 Å². The summed E-state index contributed by atoms with van der Waals surface area (Å²) in [7, 11) is 1.70. The van der Waals surface area contributed by atoms with E-state index in [9.17, 15) is 0 Å². The van der Waals surface area contributed by atoms with E-state index in [4.69, 9.17) is 13.9 Å². The first-order valence-electron chi connectivity index (χ1n) is 12.2. The van der Waals surface area contributed by atoms with Crippen molar-refractivity contribution in [1.82, 2.24) is 15.2 Å². The fraction of sp³-hybridized carbons (Fsp3) is 0.444. The molecule has 2 aromatic heterocycles. The molecule has 176 valence electrons. The van der Waals surface area contributed by atoms with Crippen LogP contribution in [0.25, 0.3) is 11.3 Å². The summed E-state index contributed by atoms with van der Waals surface area (Å²) in [6.07, 6.45) is 13.6. The topological polar surface area (TPSA) is 82.3 Å². The molecule has 0 atom stereocenters. The van der Waals surface area contributed by atoms with E-state index >= 15 is 0 Å². The molecule has 1 aromatic carbocycles. The molecule has 0 unspecified atom stereocenters. The number of aromatic nitrogens is 3. The first kappa shape index (κ1) is 21.4. The summed E-state index contributed by atoms with van der Waals surface area (Å²) < 4.78 is 17.3. The zero-order valence-corrected chi connectivity index (χ0v) is 19.5. The third-order valence-corrected chi connectivity index (χ3v) is 7.86. The van der Waals surface area contributed by atoms with Crippen LogP contribution < -0.4 is 5.32 Å². The molecule has 4 fully saturated rings. The number of hydrogen-bond acceptors (Lipinski definition) is 7. The molecule has 2 saturated carbocycles. The number of ether oxygens (including phenoxy) is 2. The first-order valence-corrected chi connectivity index (χ1v) is 12.2. The zero-order valence-electron chi connectivity index (χ0n) is 19.5. The molecule has 7 nitrogen and oxygen atoms in total. The quantitative estimate of drug-likeness (QED) is 0.429. The summed E-state index contributed by atoms with van der Waals surface area (Å²) in [5.41, 5.74) is 4.07. The van der Waals surface area contributed by atoms with E-state index in [2.05, 4.69) is 50.8 Å². The number of fused-ring (bicyclic) bond motifs is 3. The highest BCUT2D eigenvalue weighted by Crippen LogP contribution is 2.54. The maximum Gasteiger partial charge on any atom is 0.320 e. The van der Waals surface area contributed by atoms with Gasteiger partial charge in [0.2, 0.25) is 5.89 Å². The molecular weight excluding hydrogens is 428 g/mol. The highest BCUT2D eigenvalue weighted by Gasteiger charge is 2.49. The van der Waals surface area contributed by atoms with Crippen molar-refractivity contribution in [2.75, 3.05) is 19.0 Å². The maximum atomic E-state index is 6.45. The van der Waals surface area contributed by atoms with Crippen LogP contribution in [0.4, 0.5) is 11.7 Å². The van der Waals surface area contributed by atoms with Crippen molar-refractivity contribution in [2.45, 2.75) is 56.5 Å².